The van der Waals surface area contributed by atoms with Crippen LogP contribution >= 0.6 is 0 Å². The molecule has 1 aromatic carbocycles. The predicted molar refractivity (Wildman–Crippen MR) is 122 cm³/mol. The topological polar surface area (TPSA) is 92.7 Å². The Kier molecular flexibility index (Phi) is 6.77. The Morgan fingerprint density at radius 3 is 2.43 bits per heavy atom. The predicted octanol–water partition coefficient (Wildman–Crippen LogP) is 3.54. The van der Waals surface area contributed by atoms with E-state index in [1.165, 1.54) is 18.2 Å². The molecule has 2 aliphatic rings. The van der Waals surface area contributed by atoms with Gasteiger partial charge in [-0.2, -0.15) is 0 Å². The standard InChI is InChI=1S/C24H27F3N4O4/c1-14(2)21(22(33)28-17-6-8-18(9-7-17)35-24(25,26)27)29-23(34)30-11-15-10-16(13-30)19-4-3-5-20(32)31(19)12-15/h3-9,14-16,21H,10-13H2,1-2H3,(H,28,33)(H,29,34)/t15-,16+,21+/m1/s1. The Balaban J connectivity index is 1.40. The van der Waals surface area contributed by atoms with Gasteiger partial charge in [0.05, 0.1) is 0 Å². The minimum absolute atomic E-state index is 0.0374. The fraction of sp³-hybridized carbons (Fsp3) is 0.458. The minimum atomic E-state index is -4.80. The second-order valence-electron chi connectivity index (χ2n) is 9.34. The molecule has 1 saturated heterocycles. The summed E-state index contributed by atoms with van der Waals surface area (Å²) in [6.45, 7) is 5.06. The van der Waals surface area contributed by atoms with E-state index in [0.717, 1.165) is 24.2 Å². The Labute approximate surface area is 200 Å². The highest BCUT2D eigenvalue weighted by Crippen LogP contribution is 2.35. The van der Waals surface area contributed by atoms with E-state index < -0.39 is 24.1 Å². The number of piperidine rings is 1. The van der Waals surface area contributed by atoms with Crippen molar-refractivity contribution >= 4 is 17.6 Å². The number of ether oxygens (including phenoxy) is 1. The van der Waals surface area contributed by atoms with Gasteiger partial charge in [0, 0.05) is 43.0 Å². The summed E-state index contributed by atoms with van der Waals surface area (Å²) in [4.78, 5) is 39.9. The zero-order valence-corrected chi connectivity index (χ0v) is 19.3. The Hall–Kier alpha value is -3.50. The molecule has 3 heterocycles. The fourth-order valence-electron chi connectivity index (χ4n) is 4.78. The smallest absolute Gasteiger partial charge is 0.406 e. The van der Waals surface area contributed by atoms with Gasteiger partial charge in [-0.1, -0.05) is 19.9 Å². The van der Waals surface area contributed by atoms with Crippen molar-refractivity contribution in [2.75, 3.05) is 18.4 Å². The molecule has 1 fully saturated rings. The van der Waals surface area contributed by atoms with Crippen LogP contribution in [0.4, 0.5) is 23.7 Å². The molecule has 2 aliphatic heterocycles. The number of pyridine rings is 1. The molecule has 2 N–H and O–H groups in total. The second kappa shape index (κ2) is 9.63. The number of carbonyl (C=O) groups excluding carboxylic acids is 2. The van der Waals surface area contributed by atoms with Crippen LogP contribution in [0.1, 0.15) is 31.9 Å². The van der Waals surface area contributed by atoms with Crippen molar-refractivity contribution in [1.29, 1.82) is 0 Å². The van der Waals surface area contributed by atoms with E-state index in [4.69, 9.17) is 0 Å². The van der Waals surface area contributed by atoms with Gasteiger partial charge in [0.15, 0.2) is 0 Å². The third kappa shape index (κ3) is 5.77. The van der Waals surface area contributed by atoms with Crippen molar-refractivity contribution in [3.63, 3.8) is 0 Å². The summed E-state index contributed by atoms with van der Waals surface area (Å²) >= 11 is 0. The van der Waals surface area contributed by atoms with Crippen LogP contribution < -0.4 is 20.9 Å². The number of nitrogens with one attached hydrogen (secondary N) is 2. The largest absolute Gasteiger partial charge is 0.573 e. The number of carbonyl (C=O) groups is 2. The van der Waals surface area contributed by atoms with Crippen LogP contribution in [0.3, 0.4) is 0 Å². The summed E-state index contributed by atoms with van der Waals surface area (Å²) < 4.78 is 42.6. The number of fused-ring (bicyclic) bond motifs is 4. The van der Waals surface area contributed by atoms with Crippen LogP contribution in [0.25, 0.3) is 0 Å². The highest BCUT2D eigenvalue weighted by molar-refractivity contribution is 5.97. The first kappa shape index (κ1) is 24.6. The highest BCUT2D eigenvalue weighted by Gasteiger charge is 2.37. The molecule has 0 unspecified atom stereocenters. The number of anilines is 1. The van der Waals surface area contributed by atoms with Crippen LogP contribution in [0.2, 0.25) is 0 Å². The Morgan fingerprint density at radius 2 is 1.77 bits per heavy atom. The quantitative estimate of drug-likeness (QED) is 0.668. The summed E-state index contributed by atoms with van der Waals surface area (Å²) in [6.07, 6.45) is -3.90. The van der Waals surface area contributed by atoms with Gasteiger partial charge in [0.1, 0.15) is 11.8 Å². The van der Waals surface area contributed by atoms with Crippen molar-refractivity contribution in [2.24, 2.45) is 11.8 Å². The number of halogens is 3. The van der Waals surface area contributed by atoms with Crippen molar-refractivity contribution in [3.8, 4) is 5.75 Å². The van der Waals surface area contributed by atoms with Crippen molar-refractivity contribution < 1.29 is 27.5 Å². The molecule has 0 aliphatic carbocycles. The summed E-state index contributed by atoms with van der Waals surface area (Å²) in [5.41, 5.74) is 1.16. The summed E-state index contributed by atoms with van der Waals surface area (Å²) in [7, 11) is 0. The molecule has 3 amide bonds. The second-order valence-corrected chi connectivity index (χ2v) is 9.34. The first-order valence-corrected chi connectivity index (χ1v) is 11.4. The highest BCUT2D eigenvalue weighted by atomic mass is 19.4. The van der Waals surface area contributed by atoms with E-state index in [1.807, 2.05) is 6.07 Å². The maximum absolute atomic E-state index is 13.1. The number of likely N-dealkylation sites (tertiary alicyclic amines) is 1. The molecule has 0 spiro atoms. The monoisotopic (exact) mass is 492 g/mol. The lowest BCUT2D eigenvalue weighted by atomic mass is 9.83. The van der Waals surface area contributed by atoms with Crippen molar-refractivity contribution in [3.05, 3.63) is 58.5 Å². The molecule has 3 atom stereocenters. The third-order valence-corrected chi connectivity index (χ3v) is 6.35. The number of hydrogen-bond acceptors (Lipinski definition) is 4. The average Bonchev–Trinajstić information content (AvgIpc) is 2.78. The number of nitrogens with zero attached hydrogens (tertiary/aromatic N) is 2. The van der Waals surface area contributed by atoms with E-state index in [1.54, 1.807) is 29.4 Å². The van der Waals surface area contributed by atoms with Gasteiger partial charge in [0.25, 0.3) is 5.56 Å². The number of hydrogen-bond donors (Lipinski definition) is 2. The number of alkyl halides is 3. The molecule has 0 saturated carbocycles. The molecule has 2 aromatic rings. The van der Waals surface area contributed by atoms with E-state index in [2.05, 4.69) is 15.4 Å². The van der Waals surface area contributed by atoms with Gasteiger partial charge < -0.3 is 24.8 Å². The van der Waals surface area contributed by atoms with Gasteiger partial charge >= 0.3 is 12.4 Å². The maximum atomic E-state index is 13.1. The lowest BCUT2D eigenvalue weighted by Crippen LogP contribution is -2.56. The number of benzene rings is 1. The number of rotatable bonds is 5. The molecule has 1 aromatic heterocycles. The molecule has 8 nitrogen and oxygen atoms in total. The molecule has 4 rings (SSSR count). The Morgan fingerprint density at radius 1 is 1.06 bits per heavy atom. The van der Waals surface area contributed by atoms with E-state index in [9.17, 15) is 27.6 Å². The SMILES string of the molecule is CC(C)[C@H](NC(=O)N1C[C@H]2C[C@@H](C1)c1cccc(=O)n1C2)C(=O)Nc1ccc(OC(F)(F)F)cc1. The lowest BCUT2D eigenvalue weighted by molar-refractivity contribution is -0.274. The van der Waals surface area contributed by atoms with Crippen LogP contribution in [0, 0.1) is 11.8 Å². The molecular formula is C24H27F3N4O4. The number of aromatic nitrogens is 1. The van der Waals surface area contributed by atoms with Crippen LogP contribution in [-0.2, 0) is 11.3 Å². The summed E-state index contributed by atoms with van der Waals surface area (Å²) in [5, 5.41) is 5.44. The summed E-state index contributed by atoms with van der Waals surface area (Å²) in [5.74, 6) is -0.923. The normalized spacial score (nSPS) is 20.1. The van der Waals surface area contributed by atoms with Gasteiger partial charge in [0.2, 0.25) is 5.91 Å². The van der Waals surface area contributed by atoms with Crippen LogP contribution in [0.5, 0.6) is 5.75 Å². The summed E-state index contributed by atoms with van der Waals surface area (Å²) in [6, 6.07) is 8.75. The molecule has 35 heavy (non-hydrogen) atoms. The minimum Gasteiger partial charge on any atom is -0.406 e. The molecule has 2 bridgehead atoms. The zero-order valence-electron chi connectivity index (χ0n) is 19.3. The van der Waals surface area contributed by atoms with Crippen molar-refractivity contribution in [1.82, 2.24) is 14.8 Å². The van der Waals surface area contributed by atoms with E-state index in [-0.39, 0.29) is 35.0 Å². The van der Waals surface area contributed by atoms with Gasteiger partial charge in [-0.05, 0) is 48.6 Å². The van der Waals surface area contributed by atoms with Gasteiger partial charge in [-0.25, -0.2) is 4.79 Å². The van der Waals surface area contributed by atoms with Gasteiger partial charge in [-0.3, -0.25) is 9.59 Å². The lowest BCUT2D eigenvalue weighted by Gasteiger charge is -2.43. The van der Waals surface area contributed by atoms with Crippen LogP contribution in [0.15, 0.2) is 47.3 Å². The number of urea groups is 1. The number of amides is 3. The first-order valence-electron chi connectivity index (χ1n) is 11.4. The zero-order chi connectivity index (χ0) is 25.3. The van der Waals surface area contributed by atoms with E-state index in [0.29, 0.717) is 19.6 Å². The van der Waals surface area contributed by atoms with Gasteiger partial charge in [-0.15, -0.1) is 13.2 Å². The molecule has 11 heteroatoms. The molecular weight excluding hydrogens is 465 g/mol. The van der Waals surface area contributed by atoms with E-state index >= 15 is 0 Å². The average molecular weight is 492 g/mol. The molecule has 0 radical (unpaired) electrons. The Bertz CT molecular complexity index is 1150. The first-order chi connectivity index (χ1) is 16.5. The fourth-order valence-corrected chi connectivity index (χ4v) is 4.78. The third-order valence-electron chi connectivity index (χ3n) is 6.35. The van der Waals surface area contributed by atoms with Crippen molar-refractivity contribution in [2.45, 2.75) is 45.1 Å². The molecule has 188 valence electrons. The maximum Gasteiger partial charge on any atom is 0.573 e. The van der Waals surface area contributed by atoms with Crippen LogP contribution in [-0.4, -0.2) is 46.9 Å².